The number of benzene rings is 1. The molecule has 3 aliphatic rings. The molecule has 3 fully saturated rings. The van der Waals surface area contributed by atoms with Crippen LogP contribution in [0.25, 0.3) is 0 Å². The van der Waals surface area contributed by atoms with Crippen LogP contribution in [0.3, 0.4) is 0 Å². The second kappa shape index (κ2) is 7.85. The zero-order valence-electron chi connectivity index (χ0n) is 14.8. The smallest absolute Gasteiger partial charge is 0.222 e. The third-order valence-electron chi connectivity index (χ3n) is 5.70. The van der Waals surface area contributed by atoms with Crippen LogP contribution in [0.1, 0.15) is 31.2 Å². The largest absolute Gasteiger partial charge is 0.378 e. The Morgan fingerprint density at radius 2 is 2.00 bits per heavy atom. The standard InChI is InChI=1S/C20H28N2O3/c23-20(9-8-17-7-4-11-24-17)22-14-18-19(15-22)25-12-10-21(18)13-16-5-2-1-3-6-16/h1-3,5-6,17-19H,4,7-15H2/t17-,18-,19-/m0/s1. The number of carbonyl (C=O) groups is 1. The van der Waals surface area contributed by atoms with E-state index in [0.29, 0.717) is 18.6 Å². The van der Waals surface area contributed by atoms with Crippen molar-refractivity contribution in [2.75, 3.05) is 32.8 Å². The van der Waals surface area contributed by atoms with Gasteiger partial charge in [0.2, 0.25) is 5.91 Å². The zero-order chi connectivity index (χ0) is 17.1. The third kappa shape index (κ3) is 4.05. The summed E-state index contributed by atoms with van der Waals surface area (Å²) in [6.45, 7) is 5.01. The summed E-state index contributed by atoms with van der Waals surface area (Å²) in [7, 11) is 0. The van der Waals surface area contributed by atoms with Crippen LogP contribution in [-0.2, 0) is 20.8 Å². The molecule has 0 N–H and O–H groups in total. The van der Waals surface area contributed by atoms with Crippen molar-refractivity contribution in [3.63, 3.8) is 0 Å². The molecule has 0 spiro atoms. The number of amides is 1. The van der Waals surface area contributed by atoms with Gasteiger partial charge in [0.1, 0.15) is 0 Å². The Morgan fingerprint density at radius 1 is 1.12 bits per heavy atom. The van der Waals surface area contributed by atoms with Crippen LogP contribution >= 0.6 is 0 Å². The van der Waals surface area contributed by atoms with Crippen molar-refractivity contribution in [2.24, 2.45) is 0 Å². The molecule has 0 aliphatic carbocycles. The third-order valence-corrected chi connectivity index (χ3v) is 5.70. The number of fused-ring (bicyclic) bond motifs is 1. The number of likely N-dealkylation sites (tertiary alicyclic amines) is 1. The van der Waals surface area contributed by atoms with Crippen LogP contribution in [0.4, 0.5) is 0 Å². The number of hydrogen-bond acceptors (Lipinski definition) is 4. The van der Waals surface area contributed by atoms with Crippen molar-refractivity contribution in [1.82, 2.24) is 9.80 Å². The highest BCUT2D eigenvalue weighted by molar-refractivity contribution is 5.76. The molecule has 4 rings (SSSR count). The Hall–Kier alpha value is -1.43. The van der Waals surface area contributed by atoms with E-state index in [4.69, 9.17) is 9.47 Å². The predicted molar refractivity (Wildman–Crippen MR) is 95.2 cm³/mol. The summed E-state index contributed by atoms with van der Waals surface area (Å²) < 4.78 is 11.6. The van der Waals surface area contributed by atoms with Crippen LogP contribution < -0.4 is 0 Å². The van der Waals surface area contributed by atoms with E-state index in [9.17, 15) is 4.79 Å². The minimum absolute atomic E-state index is 0.157. The van der Waals surface area contributed by atoms with Crippen LogP contribution in [0.2, 0.25) is 0 Å². The van der Waals surface area contributed by atoms with Gasteiger partial charge in [-0.05, 0) is 24.8 Å². The highest BCUT2D eigenvalue weighted by atomic mass is 16.5. The first-order valence-electron chi connectivity index (χ1n) is 9.58. The Labute approximate surface area is 149 Å². The number of rotatable bonds is 5. The summed E-state index contributed by atoms with van der Waals surface area (Å²) in [4.78, 5) is 17.1. The second-order valence-corrected chi connectivity index (χ2v) is 7.41. The Kier molecular flexibility index (Phi) is 5.34. The fraction of sp³-hybridized carbons (Fsp3) is 0.650. The van der Waals surface area contributed by atoms with Gasteiger partial charge in [0.05, 0.1) is 24.9 Å². The summed E-state index contributed by atoms with van der Waals surface area (Å²) in [6, 6.07) is 10.9. The lowest BCUT2D eigenvalue weighted by atomic mass is 10.1. The number of ether oxygens (including phenoxy) is 2. The minimum atomic E-state index is 0.157. The van der Waals surface area contributed by atoms with Crippen molar-refractivity contribution >= 4 is 5.91 Å². The molecule has 1 amide bonds. The number of carbonyl (C=O) groups excluding carboxylic acids is 1. The van der Waals surface area contributed by atoms with E-state index in [1.54, 1.807) is 0 Å². The van der Waals surface area contributed by atoms with Gasteiger partial charge in [-0.25, -0.2) is 0 Å². The van der Waals surface area contributed by atoms with E-state index in [0.717, 1.165) is 58.7 Å². The Balaban J connectivity index is 1.32. The van der Waals surface area contributed by atoms with Gasteiger partial charge in [-0.2, -0.15) is 0 Å². The topological polar surface area (TPSA) is 42.0 Å². The van der Waals surface area contributed by atoms with Gasteiger partial charge >= 0.3 is 0 Å². The van der Waals surface area contributed by atoms with Gasteiger partial charge in [0.25, 0.3) is 0 Å². The van der Waals surface area contributed by atoms with Crippen molar-refractivity contribution < 1.29 is 14.3 Å². The minimum Gasteiger partial charge on any atom is -0.378 e. The van der Waals surface area contributed by atoms with E-state index >= 15 is 0 Å². The fourth-order valence-electron chi connectivity index (χ4n) is 4.29. The lowest BCUT2D eigenvalue weighted by Crippen LogP contribution is -2.50. The van der Waals surface area contributed by atoms with Crippen LogP contribution in [-0.4, -0.2) is 66.8 Å². The van der Waals surface area contributed by atoms with E-state index in [-0.39, 0.29) is 12.0 Å². The van der Waals surface area contributed by atoms with Crippen LogP contribution in [0.5, 0.6) is 0 Å². The first-order chi connectivity index (χ1) is 12.3. The lowest BCUT2D eigenvalue weighted by Gasteiger charge is -2.36. The maximum Gasteiger partial charge on any atom is 0.222 e. The summed E-state index contributed by atoms with van der Waals surface area (Å²) >= 11 is 0. The molecule has 3 atom stereocenters. The average molecular weight is 344 g/mol. The fourth-order valence-corrected chi connectivity index (χ4v) is 4.29. The SMILES string of the molecule is O=C(CC[C@@H]1CCCO1)N1C[C@@H]2OCCN(Cc3ccccc3)[C@H]2C1. The van der Waals surface area contributed by atoms with Gasteiger partial charge in [0, 0.05) is 39.2 Å². The number of nitrogens with zero attached hydrogens (tertiary/aromatic N) is 2. The summed E-state index contributed by atoms with van der Waals surface area (Å²) in [5.41, 5.74) is 1.33. The van der Waals surface area contributed by atoms with Crippen LogP contribution in [0, 0.1) is 0 Å². The average Bonchev–Trinajstić information content (AvgIpc) is 3.30. The summed E-state index contributed by atoms with van der Waals surface area (Å²) in [6.07, 6.45) is 4.15. The molecule has 5 nitrogen and oxygen atoms in total. The first-order valence-corrected chi connectivity index (χ1v) is 9.58. The van der Waals surface area contributed by atoms with Crippen molar-refractivity contribution in [3.8, 4) is 0 Å². The molecular formula is C20H28N2O3. The summed E-state index contributed by atoms with van der Waals surface area (Å²) in [5.74, 6) is 0.258. The molecule has 1 aromatic rings. The second-order valence-electron chi connectivity index (χ2n) is 7.41. The van der Waals surface area contributed by atoms with Gasteiger partial charge in [-0.3, -0.25) is 9.69 Å². The normalized spacial score (nSPS) is 29.8. The van der Waals surface area contributed by atoms with Gasteiger partial charge in [-0.15, -0.1) is 0 Å². The van der Waals surface area contributed by atoms with Crippen molar-refractivity contribution in [2.45, 2.75) is 50.5 Å². The van der Waals surface area contributed by atoms with Crippen molar-refractivity contribution in [1.29, 1.82) is 0 Å². The molecule has 0 saturated carbocycles. The molecule has 25 heavy (non-hydrogen) atoms. The molecular weight excluding hydrogens is 316 g/mol. The van der Waals surface area contributed by atoms with E-state index in [1.165, 1.54) is 5.56 Å². The number of hydrogen-bond donors (Lipinski definition) is 0. The quantitative estimate of drug-likeness (QED) is 0.820. The zero-order valence-corrected chi connectivity index (χ0v) is 14.8. The first kappa shape index (κ1) is 17.0. The molecule has 0 aromatic heterocycles. The molecule has 0 unspecified atom stereocenters. The van der Waals surface area contributed by atoms with E-state index in [2.05, 4.69) is 35.2 Å². The molecule has 5 heteroatoms. The molecule has 136 valence electrons. The maximum absolute atomic E-state index is 12.6. The van der Waals surface area contributed by atoms with Gasteiger partial charge in [-0.1, -0.05) is 30.3 Å². The van der Waals surface area contributed by atoms with Crippen LogP contribution in [0.15, 0.2) is 30.3 Å². The maximum atomic E-state index is 12.6. The van der Waals surface area contributed by atoms with E-state index < -0.39 is 0 Å². The highest BCUT2D eigenvalue weighted by Gasteiger charge is 2.41. The van der Waals surface area contributed by atoms with E-state index in [1.807, 2.05) is 4.90 Å². The monoisotopic (exact) mass is 344 g/mol. The molecule has 0 radical (unpaired) electrons. The number of morpholine rings is 1. The summed E-state index contributed by atoms with van der Waals surface area (Å²) in [5, 5.41) is 0. The van der Waals surface area contributed by atoms with Gasteiger partial charge in [0.15, 0.2) is 0 Å². The Bertz CT molecular complexity index is 574. The Morgan fingerprint density at radius 3 is 2.80 bits per heavy atom. The molecule has 3 aliphatic heterocycles. The molecule has 0 bridgehead atoms. The van der Waals surface area contributed by atoms with Gasteiger partial charge < -0.3 is 14.4 Å². The predicted octanol–water partition coefficient (Wildman–Crippen LogP) is 2.06. The molecule has 3 heterocycles. The highest BCUT2D eigenvalue weighted by Crippen LogP contribution is 2.26. The molecule has 3 saturated heterocycles. The molecule has 1 aromatic carbocycles. The lowest BCUT2D eigenvalue weighted by molar-refractivity contribution is -0.131. The van der Waals surface area contributed by atoms with Crippen molar-refractivity contribution in [3.05, 3.63) is 35.9 Å².